The van der Waals surface area contributed by atoms with Crippen LogP contribution >= 0.6 is 0 Å². The fourth-order valence-electron chi connectivity index (χ4n) is 1.67. The summed E-state index contributed by atoms with van der Waals surface area (Å²) < 4.78 is 4.95. The van der Waals surface area contributed by atoms with Crippen molar-refractivity contribution in [1.29, 1.82) is 0 Å². The molecule has 0 aromatic carbocycles. The van der Waals surface area contributed by atoms with Gasteiger partial charge in [-0.2, -0.15) is 0 Å². The van der Waals surface area contributed by atoms with Crippen molar-refractivity contribution in [2.75, 3.05) is 13.6 Å². The normalized spacial score (nSPS) is 10.2. The second-order valence-electron chi connectivity index (χ2n) is 4.27. The van der Waals surface area contributed by atoms with E-state index >= 15 is 0 Å². The third-order valence-electron chi connectivity index (χ3n) is 2.74. The van der Waals surface area contributed by atoms with Crippen molar-refractivity contribution in [3.63, 3.8) is 0 Å². The molecular formula is C13H16N4O3. The van der Waals surface area contributed by atoms with Crippen molar-refractivity contribution in [3.05, 3.63) is 42.4 Å². The van der Waals surface area contributed by atoms with E-state index in [9.17, 15) is 9.59 Å². The summed E-state index contributed by atoms with van der Waals surface area (Å²) >= 11 is 0. The van der Waals surface area contributed by atoms with Crippen LogP contribution < -0.4 is 5.32 Å². The van der Waals surface area contributed by atoms with Crippen molar-refractivity contribution >= 4 is 11.8 Å². The van der Waals surface area contributed by atoms with Gasteiger partial charge in [-0.05, 0) is 12.1 Å². The Bertz CT molecular complexity index is 548. The lowest BCUT2D eigenvalue weighted by atomic mass is 10.3. The highest BCUT2D eigenvalue weighted by atomic mass is 16.3. The molecule has 0 aliphatic carbocycles. The molecule has 0 unspecified atom stereocenters. The van der Waals surface area contributed by atoms with Crippen molar-refractivity contribution in [2.45, 2.75) is 13.0 Å². The van der Waals surface area contributed by atoms with Gasteiger partial charge < -0.3 is 19.6 Å². The molecule has 0 saturated heterocycles. The van der Waals surface area contributed by atoms with Crippen LogP contribution in [0, 0.1) is 0 Å². The summed E-state index contributed by atoms with van der Waals surface area (Å²) in [5.74, 6) is 0.569. The molecule has 2 heterocycles. The maximum absolute atomic E-state index is 11.8. The molecule has 106 valence electrons. The first kappa shape index (κ1) is 13.9. The Morgan fingerprint density at radius 1 is 1.50 bits per heavy atom. The fourth-order valence-corrected chi connectivity index (χ4v) is 1.67. The van der Waals surface area contributed by atoms with Gasteiger partial charge in [0.15, 0.2) is 5.76 Å². The number of aromatic nitrogens is 2. The average molecular weight is 276 g/mol. The Labute approximate surface area is 116 Å². The van der Waals surface area contributed by atoms with Gasteiger partial charge in [0, 0.05) is 32.4 Å². The lowest BCUT2D eigenvalue weighted by Crippen LogP contribution is -2.32. The third-order valence-corrected chi connectivity index (χ3v) is 2.74. The molecular weight excluding hydrogens is 260 g/mol. The molecule has 0 aliphatic heterocycles. The van der Waals surface area contributed by atoms with Gasteiger partial charge in [-0.3, -0.25) is 9.59 Å². The highest BCUT2D eigenvalue weighted by Gasteiger charge is 2.12. The Kier molecular flexibility index (Phi) is 4.54. The number of nitrogens with one attached hydrogen (secondary N) is 2. The van der Waals surface area contributed by atoms with E-state index in [2.05, 4.69) is 15.3 Å². The van der Waals surface area contributed by atoms with Gasteiger partial charge in [0.05, 0.1) is 12.8 Å². The molecule has 2 amide bonds. The number of hydrogen-bond donors (Lipinski definition) is 2. The Balaban J connectivity index is 1.71. The van der Waals surface area contributed by atoms with E-state index in [1.807, 2.05) is 0 Å². The highest BCUT2D eigenvalue weighted by molar-refractivity contribution is 5.91. The molecule has 2 aromatic heterocycles. The SMILES string of the molecule is CN(Cc1ncc[nH]1)C(=O)CCNC(=O)c1ccco1. The predicted octanol–water partition coefficient (Wildman–Crippen LogP) is 0.781. The summed E-state index contributed by atoms with van der Waals surface area (Å²) in [7, 11) is 1.69. The van der Waals surface area contributed by atoms with Crippen LogP contribution in [0.2, 0.25) is 0 Å². The standard InChI is InChI=1S/C13H16N4O3/c1-17(9-11-14-6-7-15-11)12(18)4-5-16-13(19)10-3-2-8-20-10/h2-3,6-8H,4-5,9H2,1H3,(H,14,15)(H,16,19). The topological polar surface area (TPSA) is 91.2 Å². The van der Waals surface area contributed by atoms with Gasteiger partial charge in [0.2, 0.25) is 5.91 Å². The maximum Gasteiger partial charge on any atom is 0.286 e. The summed E-state index contributed by atoms with van der Waals surface area (Å²) in [6.45, 7) is 0.679. The maximum atomic E-state index is 11.8. The molecule has 0 spiro atoms. The second-order valence-corrected chi connectivity index (χ2v) is 4.27. The van der Waals surface area contributed by atoms with Crippen molar-refractivity contribution < 1.29 is 14.0 Å². The van der Waals surface area contributed by atoms with Crippen LogP contribution in [0.4, 0.5) is 0 Å². The zero-order chi connectivity index (χ0) is 14.4. The van der Waals surface area contributed by atoms with E-state index in [-0.39, 0.29) is 30.5 Å². The number of carbonyl (C=O) groups is 2. The molecule has 0 saturated carbocycles. The quantitative estimate of drug-likeness (QED) is 0.815. The number of carbonyl (C=O) groups excluding carboxylic acids is 2. The molecule has 0 fully saturated rings. The highest BCUT2D eigenvalue weighted by Crippen LogP contribution is 2.00. The van der Waals surface area contributed by atoms with Gasteiger partial charge in [-0.1, -0.05) is 0 Å². The van der Waals surface area contributed by atoms with Crippen molar-refractivity contribution in [1.82, 2.24) is 20.2 Å². The molecule has 2 rings (SSSR count). The lowest BCUT2D eigenvalue weighted by molar-refractivity contribution is -0.130. The van der Waals surface area contributed by atoms with Gasteiger partial charge in [0.1, 0.15) is 5.82 Å². The fraction of sp³-hybridized carbons (Fsp3) is 0.308. The third kappa shape index (κ3) is 3.71. The van der Waals surface area contributed by atoms with Crippen molar-refractivity contribution in [3.8, 4) is 0 Å². The molecule has 2 aromatic rings. The number of nitrogens with zero attached hydrogens (tertiary/aromatic N) is 2. The van der Waals surface area contributed by atoms with E-state index in [0.717, 1.165) is 5.82 Å². The number of hydrogen-bond acceptors (Lipinski definition) is 4. The first-order valence-electron chi connectivity index (χ1n) is 6.20. The minimum atomic E-state index is -0.323. The van der Waals surface area contributed by atoms with Gasteiger partial charge in [-0.25, -0.2) is 4.98 Å². The van der Waals surface area contributed by atoms with E-state index in [4.69, 9.17) is 4.42 Å². The van der Waals surface area contributed by atoms with Gasteiger partial charge in [0.25, 0.3) is 5.91 Å². The van der Waals surface area contributed by atoms with Gasteiger partial charge >= 0.3 is 0 Å². The molecule has 2 N–H and O–H groups in total. The van der Waals surface area contributed by atoms with E-state index < -0.39 is 0 Å². The van der Waals surface area contributed by atoms with Crippen LogP contribution in [0.5, 0.6) is 0 Å². The first-order chi connectivity index (χ1) is 9.66. The number of aromatic amines is 1. The number of rotatable bonds is 6. The predicted molar refractivity (Wildman–Crippen MR) is 70.7 cm³/mol. The Morgan fingerprint density at radius 2 is 2.35 bits per heavy atom. The van der Waals surface area contributed by atoms with E-state index in [1.54, 1.807) is 36.5 Å². The summed E-state index contributed by atoms with van der Waals surface area (Å²) in [5.41, 5.74) is 0. The van der Waals surface area contributed by atoms with Gasteiger partial charge in [-0.15, -0.1) is 0 Å². The minimum absolute atomic E-state index is 0.0684. The van der Waals surface area contributed by atoms with E-state index in [0.29, 0.717) is 6.54 Å². The summed E-state index contributed by atoms with van der Waals surface area (Å²) in [4.78, 5) is 31.9. The van der Waals surface area contributed by atoms with E-state index in [1.165, 1.54) is 6.26 Å². The monoisotopic (exact) mass is 276 g/mol. The van der Waals surface area contributed by atoms with Crippen LogP contribution in [-0.4, -0.2) is 40.3 Å². The van der Waals surface area contributed by atoms with Crippen LogP contribution in [0.25, 0.3) is 0 Å². The smallest absolute Gasteiger partial charge is 0.286 e. The summed E-state index contributed by atoms with van der Waals surface area (Å²) in [6.07, 6.45) is 5.00. The second kappa shape index (κ2) is 6.55. The molecule has 0 radical (unpaired) electrons. The lowest BCUT2D eigenvalue weighted by Gasteiger charge is -2.15. The van der Waals surface area contributed by atoms with Crippen LogP contribution in [0.3, 0.4) is 0 Å². The average Bonchev–Trinajstić information content (AvgIpc) is 3.11. The molecule has 7 nitrogen and oxygen atoms in total. The molecule has 20 heavy (non-hydrogen) atoms. The van der Waals surface area contributed by atoms with Crippen LogP contribution in [-0.2, 0) is 11.3 Å². The number of amides is 2. The number of furan rings is 1. The first-order valence-corrected chi connectivity index (χ1v) is 6.20. The summed E-state index contributed by atoms with van der Waals surface area (Å²) in [5, 5.41) is 2.63. The molecule has 0 bridgehead atoms. The van der Waals surface area contributed by atoms with Crippen LogP contribution in [0.15, 0.2) is 35.2 Å². The molecule has 0 aliphatic rings. The largest absolute Gasteiger partial charge is 0.459 e. The zero-order valence-corrected chi connectivity index (χ0v) is 11.1. The number of H-pyrrole nitrogens is 1. The van der Waals surface area contributed by atoms with Crippen molar-refractivity contribution in [2.24, 2.45) is 0 Å². The summed E-state index contributed by atoms with van der Waals surface area (Å²) in [6, 6.07) is 3.21. The molecule has 0 atom stereocenters. The van der Waals surface area contributed by atoms with Crippen LogP contribution in [0.1, 0.15) is 22.8 Å². The Morgan fingerprint density at radius 3 is 3.00 bits per heavy atom. The zero-order valence-electron chi connectivity index (χ0n) is 11.1. The molecule has 7 heteroatoms. The number of imidazole rings is 1. The Hall–Kier alpha value is -2.57. The minimum Gasteiger partial charge on any atom is -0.459 e.